The zero-order valence-electron chi connectivity index (χ0n) is 17.7. The Morgan fingerprint density at radius 2 is 1.26 bits per heavy atom. The summed E-state index contributed by atoms with van der Waals surface area (Å²) in [7, 11) is 0. The molecule has 148 valence electrons. The van der Waals surface area contributed by atoms with Crippen molar-refractivity contribution in [1.82, 2.24) is 0 Å². The minimum absolute atomic E-state index is 0.358. The Bertz CT molecular complexity index is 1350. The van der Waals surface area contributed by atoms with E-state index in [-0.39, 0.29) is 0 Å². The lowest BCUT2D eigenvalue weighted by molar-refractivity contribution is 1.01. The average Bonchev–Trinajstić information content (AvgIpc) is 3.39. The maximum atomic E-state index is 2.38. The molecule has 2 aliphatic rings. The molecule has 4 aromatic rings. The number of benzene rings is 4. The number of hydrogen-bond acceptors (Lipinski definition) is 0. The second kappa shape index (κ2) is 7.25. The molecule has 1 atom stereocenters. The third-order valence-corrected chi connectivity index (χ3v) is 6.79. The van der Waals surface area contributed by atoms with E-state index in [0.29, 0.717) is 5.92 Å². The summed E-state index contributed by atoms with van der Waals surface area (Å²) in [5.74, 6) is 0.358. The number of allylic oxidation sites excluding steroid dienone is 2. The summed E-state index contributed by atoms with van der Waals surface area (Å²) >= 11 is 0. The van der Waals surface area contributed by atoms with E-state index in [4.69, 9.17) is 0 Å². The molecule has 0 amide bonds. The molecule has 1 unspecified atom stereocenters. The Morgan fingerprint density at radius 1 is 0.613 bits per heavy atom. The molecule has 0 aromatic heterocycles. The van der Waals surface area contributed by atoms with Crippen molar-refractivity contribution >= 4 is 22.8 Å². The number of fused-ring (bicyclic) bond motifs is 2. The number of rotatable bonds is 3. The molecular formula is C31H24. The molecule has 0 saturated heterocycles. The van der Waals surface area contributed by atoms with Crippen molar-refractivity contribution in [3.8, 4) is 0 Å². The first-order chi connectivity index (χ1) is 15.3. The molecule has 0 fully saturated rings. The molecule has 0 radical (unpaired) electrons. The van der Waals surface area contributed by atoms with Crippen LogP contribution in [0.3, 0.4) is 0 Å². The first-order valence-corrected chi connectivity index (χ1v) is 11.1. The van der Waals surface area contributed by atoms with Crippen LogP contribution in [0.1, 0.15) is 51.8 Å². The second-order valence-electron chi connectivity index (χ2n) is 8.55. The zero-order chi connectivity index (χ0) is 20.8. The number of hydrogen-bond donors (Lipinski definition) is 0. The summed E-state index contributed by atoms with van der Waals surface area (Å²) in [4.78, 5) is 0. The first-order valence-electron chi connectivity index (χ1n) is 11.1. The van der Waals surface area contributed by atoms with E-state index < -0.39 is 0 Å². The van der Waals surface area contributed by atoms with Gasteiger partial charge in [-0.05, 0) is 62.1 Å². The lowest BCUT2D eigenvalue weighted by atomic mass is 9.85. The van der Waals surface area contributed by atoms with Crippen molar-refractivity contribution in [2.75, 3.05) is 0 Å². The third kappa shape index (κ3) is 2.91. The van der Waals surface area contributed by atoms with Gasteiger partial charge in [-0.15, -0.1) is 0 Å². The standard InChI is InChI=1S/C31H24/c1-21-26-15-7-9-17-28(26)31(22-11-3-2-4-12-22)30(21)29-18-10-8-16-27(29)25-19-23-13-5-6-14-24(23)20-25/h2-19,21H,20H2,1H3. The smallest absolute Gasteiger partial charge is 0.00796 e. The van der Waals surface area contributed by atoms with Gasteiger partial charge in [-0.25, -0.2) is 0 Å². The maximum Gasteiger partial charge on any atom is 0.00796 e. The quantitative estimate of drug-likeness (QED) is 0.331. The minimum Gasteiger partial charge on any atom is -0.0622 e. The summed E-state index contributed by atoms with van der Waals surface area (Å²) in [6, 6.07) is 37.6. The summed E-state index contributed by atoms with van der Waals surface area (Å²) in [5, 5.41) is 0. The normalized spacial score (nSPS) is 16.8. The van der Waals surface area contributed by atoms with Crippen molar-refractivity contribution in [2.45, 2.75) is 19.3 Å². The summed E-state index contributed by atoms with van der Waals surface area (Å²) in [5.41, 5.74) is 13.8. The van der Waals surface area contributed by atoms with E-state index in [2.05, 4.69) is 116 Å². The van der Waals surface area contributed by atoms with Crippen LogP contribution in [0.4, 0.5) is 0 Å². The van der Waals surface area contributed by atoms with Crippen LogP contribution in [-0.2, 0) is 6.42 Å². The van der Waals surface area contributed by atoms with Crippen molar-refractivity contribution < 1.29 is 0 Å². The van der Waals surface area contributed by atoms with Crippen molar-refractivity contribution in [3.63, 3.8) is 0 Å². The third-order valence-electron chi connectivity index (χ3n) is 6.79. The molecule has 0 saturated carbocycles. The van der Waals surface area contributed by atoms with E-state index in [0.717, 1.165) is 6.42 Å². The molecule has 0 bridgehead atoms. The van der Waals surface area contributed by atoms with Gasteiger partial charge in [-0.2, -0.15) is 0 Å². The van der Waals surface area contributed by atoms with Crippen LogP contribution >= 0.6 is 0 Å². The van der Waals surface area contributed by atoms with Crippen LogP contribution in [0.2, 0.25) is 0 Å². The molecule has 6 rings (SSSR count). The average molecular weight is 397 g/mol. The second-order valence-corrected chi connectivity index (χ2v) is 8.55. The van der Waals surface area contributed by atoms with E-state index in [1.54, 1.807) is 0 Å². The fourth-order valence-corrected chi connectivity index (χ4v) is 5.35. The maximum absolute atomic E-state index is 2.38. The van der Waals surface area contributed by atoms with E-state index in [1.165, 1.54) is 55.7 Å². The van der Waals surface area contributed by atoms with Crippen LogP contribution in [0, 0.1) is 0 Å². The van der Waals surface area contributed by atoms with Gasteiger partial charge in [-0.1, -0.05) is 116 Å². The van der Waals surface area contributed by atoms with Gasteiger partial charge in [0.15, 0.2) is 0 Å². The van der Waals surface area contributed by atoms with Crippen LogP contribution in [-0.4, -0.2) is 0 Å². The highest BCUT2D eigenvalue weighted by Gasteiger charge is 2.31. The lowest BCUT2D eigenvalue weighted by Crippen LogP contribution is -1.99. The Balaban J connectivity index is 1.58. The molecule has 0 spiro atoms. The predicted octanol–water partition coefficient (Wildman–Crippen LogP) is 7.86. The Hall–Kier alpha value is -3.64. The van der Waals surface area contributed by atoms with Crippen molar-refractivity contribution in [2.24, 2.45) is 0 Å². The van der Waals surface area contributed by atoms with Crippen LogP contribution < -0.4 is 0 Å². The molecule has 0 nitrogen and oxygen atoms in total. The van der Waals surface area contributed by atoms with E-state index in [9.17, 15) is 0 Å². The molecule has 2 aliphatic carbocycles. The van der Waals surface area contributed by atoms with Gasteiger partial charge in [0.25, 0.3) is 0 Å². The minimum atomic E-state index is 0.358. The van der Waals surface area contributed by atoms with Crippen molar-refractivity contribution in [3.05, 3.63) is 142 Å². The van der Waals surface area contributed by atoms with Crippen molar-refractivity contribution in [1.29, 1.82) is 0 Å². The van der Waals surface area contributed by atoms with E-state index in [1.807, 2.05) is 0 Å². The van der Waals surface area contributed by atoms with Crippen LogP contribution in [0.5, 0.6) is 0 Å². The van der Waals surface area contributed by atoms with Gasteiger partial charge in [0.1, 0.15) is 0 Å². The largest absolute Gasteiger partial charge is 0.0622 e. The molecular weight excluding hydrogens is 372 g/mol. The fourth-order valence-electron chi connectivity index (χ4n) is 5.35. The topological polar surface area (TPSA) is 0 Å². The highest BCUT2D eigenvalue weighted by atomic mass is 14.3. The van der Waals surface area contributed by atoms with Gasteiger partial charge in [0.2, 0.25) is 0 Å². The first kappa shape index (κ1) is 18.2. The fraction of sp³-hybridized carbons (Fsp3) is 0.0968. The van der Waals surface area contributed by atoms with Gasteiger partial charge in [-0.3, -0.25) is 0 Å². The van der Waals surface area contributed by atoms with Gasteiger partial charge in [0.05, 0.1) is 0 Å². The summed E-state index contributed by atoms with van der Waals surface area (Å²) in [6.45, 7) is 2.36. The van der Waals surface area contributed by atoms with Gasteiger partial charge in [0, 0.05) is 5.92 Å². The van der Waals surface area contributed by atoms with Gasteiger partial charge < -0.3 is 0 Å². The summed E-state index contributed by atoms with van der Waals surface area (Å²) in [6.07, 6.45) is 3.38. The molecule has 0 heterocycles. The van der Waals surface area contributed by atoms with Crippen LogP contribution in [0.15, 0.2) is 103 Å². The molecule has 4 aromatic carbocycles. The van der Waals surface area contributed by atoms with Crippen LogP contribution in [0.25, 0.3) is 22.8 Å². The Kier molecular flexibility index (Phi) is 4.25. The lowest BCUT2D eigenvalue weighted by Gasteiger charge is -2.18. The SMILES string of the molecule is CC1C(c2ccccc2C2=Cc3ccccc3C2)=C(c2ccccc2)c2ccccc21. The Morgan fingerprint density at radius 3 is 2.06 bits per heavy atom. The monoisotopic (exact) mass is 396 g/mol. The zero-order valence-corrected chi connectivity index (χ0v) is 17.7. The highest BCUT2D eigenvalue weighted by Crippen LogP contribution is 2.51. The molecule has 0 N–H and O–H groups in total. The van der Waals surface area contributed by atoms with E-state index >= 15 is 0 Å². The summed E-state index contributed by atoms with van der Waals surface area (Å²) < 4.78 is 0. The predicted molar refractivity (Wildman–Crippen MR) is 132 cm³/mol. The molecule has 31 heavy (non-hydrogen) atoms. The Labute approximate surface area is 184 Å². The van der Waals surface area contributed by atoms with Gasteiger partial charge >= 0.3 is 0 Å². The molecule has 0 heteroatoms. The highest BCUT2D eigenvalue weighted by molar-refractivity contribution is 6.07. The molecule has 0 aliphatic heterocycles.